The normalized spacial score (nSPS) is 15.4. The highest BCUT2D eigenvalue weighted by molar-refractivity contribution is 6.46. The molecule has 0 heterocycles. The Balaban J connectivity index is 2.09. The van der Waals surface area contributed by atoms with Crippen LogP contribution >= 0.6 is 0 Å². The van der Waals surface area contributed by atoms with Gasteiger partial charge in [-0.15, -0.1) is 0 Å². The van der Waals surface area contributed by atoms with Gasteiger partial charge in [-0.3, -0.25) is 0 Å². The van der Waals surface area contributed by atoms with Crippen molar-refractivity contribution in [1.82, 2.24) is 0 Å². The van der Waals surface area contributed by atoms with Gasteiger partial charge in [0.1, 0.15) is 0 Å². The van der Waals surface area contributed by atoms with Gasteiger partial charge < -0.3 is 14.3 Å². The number of rotatable bonds is 7. The summed E-state index contributed by atoms with van der Waals surface area (Å²) < 4.78 is 10.8. The molecule has 0 amide bonds. The lowest BCUT2D eigenvalue weighted by molar-refractivity contribution is -0.194. The lowest BCUT2D eigenvalue weighted by Gasteiger charge is -2.21. The number of hydrogen-bond donors (Lipinski definition) is 1. The van der Waals surface area contributed by atoms with E-state index in [-0.39, 0.29) is 0 Å². The van der Waals surface area contributed by atoms with Crippen molar-refractivity contribution in [3.63, 3.8) is 0 Å². The Hall–Kier alpha value is -0.683. The zero-order chi connectivity index (χ0) is 11.9. The Morgan fingerprint density at radius 1 is 1.25 bits per heavy atom. The predicted octanol–water partition coefficient (Wildman–Crippen LogP) is 0.547. The SMILES string of the molecule is CCC(C)(O)OCCO[SiH2]c1ccccc1. The molecule has 4 heteroatoms. The molecular formula is C12H20O3Si. The predicted molar refractivity (Wildman–Crippen MR) is 67.4 cm³/mol. The van der Waals surface area contributed by atoms with Crippen molar-refractivity contribution in [3.8, 4) is 0 Å². The molecule has 3 nitrogen and oxygen atoms in total. The first-order chi connectivity index (χ1) is 7.64. The second-order valence-corrected chi connectivity index (χ2v) is 5.43. The maximum absolute atomic E-state index is 9.57. The summed E-state index contributed by atoms with van der Waals surface area (Å²) in [7, 11) is -0.643. The van der Waals surface area contributed by atoms with Gasteiger partial charge in [0, 0.05) is 0 Å². The van der Waals surface area contributed by atoms with Gasteiger partial charge in [0.15, 0.2) is 15.6 Å². The van der Waals surface area contributed by atoms with Crippen LogP contribution in [0.3, 0.4) is 0 Å². The zero-order valence-corrected chi connectivity index (χ0v) is 11.4. The van der Waals surface area contributed by atoms with Crippen molar-refractivity contribution in [3.05, 3.63) is 30.3 Å². The Morgan fingerprint density at radius 3 is 2.56 bits per heavy atom. The minimum absolute atomic E-state index is 0.445. The van der Waals surface area contributed by atoms with Crippen LogP contribution in [0, 0.1) is 0 Å². The van der Waals surface area contributed by atoms with E-state index in [0.29, 0.717) is 19.6 Å². The van der Waals surface area contributed by atoms with Gasteiger partial charge in [-0.1, -0.05) is 37.3 Å². The Bertz CT molecular complexity index is 288. The molecule has 0 aliphatic heterocycles. The van der Waals surface area contributed by atoms with Crippen LogP contribution in [0.2, 0.25) is 0 Å². The molecule has 0 saturated carbocycles. The van der Waals surface area contributed by atoms with Gasteiger partial charge in [0.25, 0.3) is 0 Å². The average Bonchev–Trinajstić information content (AvgIpc) is 2.30. The largest absolute Gasteiger partial charge is 0.416 e. The van der Waals surface area contributed by atoms with Crippen molar-refractivity contribution >= 4 is 14.9 Å². The number of aliphatic hydroxyl groups is 1. The van der Waals surface area contributed by atoms with Gasteiger partial charge in [-0.2, -0.15) is 0 Å². The van der Waals surface area contributed by atoms with E-state index in [1.54, 1.807) is 6.92 Å². The minimum atomic E-state index is -1.02. The maximum atomic E-state index is 9.57. The summed E-state index contributed by atoms with van der Waals surface area (Å²) in [5.41, 5.74) is 0. The van der Waals surface area contributed by atoms with Crippen LogP contribution in [0.15, 0.2) is 30.3 Å². The summed E-state index contributed by atoms with van der Waals surface area (Å²) >= 11 is 0. The lowest BCUT2D eigenvalue weighted by atomic mass is 10.2. The van der Waals surface area contributed by atoms with Crippen LogP contribution in [-0.4, -0.2) is 33.9 Å². The van der Waals surface area contributed by atoms with Crippen molar-refractivity contribution in [2.45, 2.75) is 26.1 Å². The average molecular weight is 240 g/mol. The Kier molecular flexibility index (Phi) is 5.69. The maximum Gasteiger partial charge on any atom is 0.192 e. The Labute approximate surface area is 99.3 Å². The smallest absolute Gasteiger partial charge is 0.192 e. The first kappa shape index (κ1) is 13.4. The van der Waals surface area contributed by atoms with Crippen LogP contribution in [0.5, 0.6) is 0 Å². The van der Waals surface area contributed by atoms with Gasteiger partial charge >= 0.3 is 0 Å². The molecule has 1 aromatic carbocycles. The van der Waals surface area contributed by atoms with Crippen LogP contribution in [0.25, 0.3) is 0 Å². The fourth-order valence-electron chi connectivity index (χ4n) is 1.19. The highest BCUT2D eigenvalue weighted by Gasteiger charge is 2.16. The summed E-state index contributed by atoms with van der Waals surface area (Å²) in [5.74, 6) is -1.02. The first-order valence-corrected chi connectivity index (χ1v) is 6.90. The van der Waals surface area contributed by atoms with Crippen LogP contribution in [0.4, 0.5) is 0 Å². The zero-order valence-electron chi connectivity index (χ0n) is 9.98. The molecule has 1 atom stereocenters. The summed E-state index contributed by atoms with van der Waals surface area (Å²) in [6.07, 6.45) is 0.586. The van der Waals surface area contributed by atoms with Crippen molar-refractivity contribution < 1.29 is 14.3 Å². The fourth-order valence-corrected chi connectivity index (χ4v) is 2.15. The molecule has 0 aliphatic carbocycles. The summed E-state index contributed by atoms with van der Waals surface area (Å²) in [6.45, 7) is 4.55. The number of hydrogen-bond acceptors (Lipinski definition) is 3. The standard InChI is InChI=1S/C12H20O3Si/c1-3-12(2,13)14-9-10-15-16-11-7-5-4-6-8-11/h4-8,13H,3,9-10,16H2,1-2H3. The molecule has 90 valence electrons. The molecule has 0 aliphatic rings. The van der Waals surface area contributed by atoms with E-state index in [1.807, 2.05) is 25.1 Å². The number of benzene rings is 1. The first-order valence-electron chi connectivity index (χ1n) is 5.62. The van der Waals surface area contributed by atoms with Crippen LogP contribution in [-0.2, 0) is 9.16 Å². The van der Waals surface area contributed by atoms with Gasteiger partial charge in [0.2, 0.25) is 0 Å². The summed E-state index contributed by atoms with van der Waals surface area (Å²) in [4.78, 5) is 0. The van der Waals surface area contributed by atoms with Gasteiger partial charge in [-0.05, 0) is 18.5 Å². The molecule has 16 heavy (non-hydrogen) atoms. The number of ether oxygens (including phenoxy) is 1. The molecule has 0 fully saturated rings. The Morgan fingerprint density at radius 2 is 1.94 bits per heavy atom. The van der Waals surface area contributed by atoms with E-state index in [1.165, 1.54) is 5.19 Å². The molecule has 1 N–H and O–H groups in total. The molecule has 0 radical (unpaired) electrons. The van der Waals surface area contributed by atoms with E-state index in [4.69, 9.17) is 9.16 Å². The third kappa shape index (κ3) is 5.41. The van der Waals surface area contributed by atoms with Gasteiger partial charge in [0.05, 0.1) is 13.2 Å². The molecule has 1 unspecified atom stereocenters. The van der Waals surface area contributed by atoms with E-state index >= 15 is 0 Å². The van der Waals surface area contributed by atoms with Crippen molar-refractivity contribution in [2.75, 3.05) is 13.2 Å². The third-order valence-electron chi connectivity index (χ3n) is 2.41. The van der Waals surface area contributed by atoms with Crippen LogP contribution in [0.1, 0.15) is 20.3 Å². The van der Waals surface area contributed by atoms with Crippen molar-refractivity contribution in [2.24, 2.45) is 0 Å². The molecule has 1 rings (SSSR count). The van der Waals surface area contributed by atoms with Crippen molar-refractivity contribution in [1.29, 1.82) is 0 Å². The highest BCUT2D eigenvalue weighted by atomic mass is 28.2. The lowest BCUT2D eigenvalue weighted by Crippen LogP contribution is -2.29. The van der Waals surface area contributed by atoms with E-state index < -0.39 is 15.6 Å². The molecule has 0 bridgehead atoms. The molecule has 1 aromatic rings. The highest BCUT2D eigenvalue weighted by Crippen LogP contribution is 2.09. The third-order valence-corrected chi connectivity index (χ3v) is 3.71. The van der Waals surface area contributed by atoms with E-state index in [2.05, 4.69) is 12.1 Å². The molecule has 0 spiro atoms. The second kappa shape index (κ2) is 6.80. The molecular weight excluding hydrogens is 220 g/mol. The van der Waals surface area contributed by atoms with Crippen LogP contribution < -0.4 is 5.19 Å². The topological polar surface area (TPSA) is 38.7 Å². The van der Waals surface area contributed by atoms with E-state index in [0.717, 1.165) is 0 Å². The molecule has 0 aromatic heterocycles. The monoisotopic (exact) mass is 240 g/mol. The summed E-state index contributed by atoms with van der Waals surface area (Å²) in [5, 5.41) is 10.9. The quantitative estimate of drug-likeness (QED) is 0.430. The molecule has 0 saturated heterocycles. The minimum Gasteiger partial charge on any atom is -0.416 e. The van der Waals surface area contributed by atoms with Gasteiger partial charge in [-0.25, -0.2) is 0 Å². The second-order valence-electron chi connectivity index (χ2n) is 3.92. The summed E-state index contributed by atoms with van der Waals surface area (Å²) in [6, 6.07) is 10.2. The fraction of sp³-hybridized carbons (Fsp3) is 0.500. The van der Waals surface area contributed by atoms with E-state index in [9.17, 15) is 5.11 Å².